The fourth-order valence-corrected chi connectivity index (χ4v) is 6.32. The Labute approximate surface area is 307 Å². The summed E-state index contributed by atoms with van der Waals surface area (Å²) in [4.78, 5) is 36.3. The van der Waals surface area contributed by atoms with Gasteiger partial charge < -0.3 is 100.0 Å². The maximum absolute atomic E-state index is 12.5. The Bertz CT molecular complexity index is 1220. The van der Waals surface area contributed by atoms with Crippen LogP contribution in [0.15, 0.2) is 0 Å². The molecule has 24 heteroatoms. The molecule has 17 unspecified atom stereocenters. The molecule has 312 valence electrons. The minimum Gasteiger partial charge on any atom is -0.480 e. The molecule has 4 rings (SSSR count). The summed E-state index contributed by atoms with van der Waals surface area (Å²) in [5.41, 5.74) is 0. The van der Waals surface area contributed by atoms with Gasteiger partial charge in [-0.05, 0) is 6.92 Å². The number of rotatable bonds is 16. The number of hydrogen-bond donors (Lipinski definition) is 13. The first-order valence-corrected chi connectivity index (χ1v) is 17.2. The highest BCUT2D eigenvalue weighted by Gasteiger charge is 2.51. The molecule has 0 aliphatic carbocycles. The number of carbonyl (C=O) groups excluding carboxylic acids is 2. The number of aliphatic hydroxyl groups is 10. The fourth-order valence-electron chi connectivity index (χ4n) is 6.32. The Kier molecular flexibility index (Phi) is 16.6. The minimum atomic E-state index is -1.84. The average molecular weight is 790 g/mol. The van der Waals surface area contributed by atoms with Gasteiger partial charge in [0.15, 0.2) is 18.9 Å². The molecule has 4 saturated heterocycles. The fraction of sp³-hybridized carbons (Fsp3) is 0.900. The summed E-state index contributed by atoms with van der Waals surface area (Å²) in [5, 5.41) is 117. The van der Waals surface area contributed by atoms with Crippen LogP contribution in [-0.4, -0.2) is 242 Å². The van der Waals surface area contributed by atoms with Crippen molar-refractivity contribution in [3.63, 3.8) is 0 Å². The number of amides is 2. The predicted molar refractivity (Wildman–Crippen MR) is 169 cm³/mol. The van der Waals surface area contributed by atoms with E-state index in [1.165, 1.54) is 11.8 Å². The number of morpholine rings is 1. The Hall–Kier alpha value is -2.31. The minimum absolute atomic E-state index is 0.0385. The standard InChI is InChI=1S/C30H51N3O21/c1-11-20(41)27(54-30-25(46)24(45)21(42)13(8-35)52-30)23(44)15(49-11)10-48-29-26(47)28(22(43)14(9-36)51-29)53-19-6-33(4-12(7-34)50-19)5-17(38)31-2-16(37)32-3-18(39)40/h11-15,19-30,34-36,41-47H,2-10H2,1H3,(H,31,38)(H,32,37)(H,39,40). The summed E-state index contributed by atoms with van der Waals surface area (Å²) in [5.74, 6) is -2.64. The third-order valence-electron chi connectivity index (χ3n) is 9.29. The second-order valence-electron chi connectivity index (χ2n) is 13.3. The molecule has 0 aromatic carbocycles. The normalized spacial score (nSPS) is 41.9. The maximum atomic E-state index is 12.5. The number of hydrogen-bond acceptors (Lipinski definition) is 21. The highest BCUT2D eigenvalue weighted by molar-refractivity contribution is 5.87. The van der Waals surface area contributed by atoms with E-state index in [1.807, 2.05) is 0 Å². The molecule has 13 N–H and O–H groups in total. The number of carbonyl (C=O) groups is 3. The maximum Gasteiger partial charge on any atom is 0.322 e. The zero-order valence-electron chi connectivity index (χ0n) is 29.1. The summed E-state index contributed by atoms with van der Waals surface area (Å²) in [6, 6.07) is 0. The van der Waals surface area contributed by atoms with Gasteiger partial charge in [-0.1, -0.05) is 0 Å². The van der Waals surface area contributed by atoms with Crippen LogP contribution in [-0.2, 0) is 47.5 Å². The van der Waals surface area contributed by atoms with Crippen LogP contribution in [0, 0.1) is 0 Å². The lowest BCUT2D eigenvalue weighted by atomic mass is 9.94. The molecule has 4 heterocycles. The van der Waals surface area contributed by atoms with Gasteiger partial charge in [-0.25, -0.2) is 0 Å². The highest BCUT2D eigenvalue weighted by Crippen LogP contribution is 2.31. The number of aliphatic hydroxyl groups excluding tert-OH is 10. The van der Waals surface area contributed by atoms with E-state index in [0.717, 1.165) is 0 Å². The highest BCUT2D eigenvalue weighted by atomic mass is 16.7. The molecule has 4 aliphatic rings. The summed E-state index contributed by atoms with van der Waals surface area (Å²) in [6.45, 7) is -2.72. The smallest absolute Gasteiger partial charge is 0.322 e. The molecule has 24 nitrogen and oxygen atoms in total. The van der Waals surface area contributed by atoms with Gasteiger partial charge >= 0.3 is 5.97 Å². The first-order valence-electron chi connectivity index (χ1n) is 17.2. The molecule has 0 aromatic heterocycles. The van der Waals surface area contributed by atoms with Gasteiger partial charge in [-0.2, -0.15) is 0 Å². The van der Waals surface area contributed by atoms with Crippen LogP contribution in [0.5, 0.6) is 0 Å². The van der Waals surface area contributed by atoms with Gasteiger partial charge in [0, 0.05) is 6.54 Å². The Morgan fingerprint density at radius 2 is 1.26 bits per heavy atom. The van der Waals surface area contributed by atoms with Crippen molar-refractivity contribution in [3.8, 4) is 0 Å². The Morgan fingerprint density at radius 1 is 0.648 bits per heavy atom. The van der Waals surface area contributed by atoms with Crippen LogP contribution in [0.4, 0.5) is 0 Å². The van der Waals surface area contributed by atoms with Crippen molar-refractivity contribution in [1.82, 2.24) is 15.5 Å². The molecule has 2 amide bonds. The molecule has 0 radical (unpaired) electrons. The molecule has 0 aromatic rings. The van der Waals surface area contributed by atoms with Gasteiger partial charge in [-0.15, -0.1) is 0 Å². The van der Waals surface area contributed by atoms with E-state index in [9.17, 15) is 65.4 Å². The lowest BCUT2D eigenvalue weighted by Crippen LogP contribution is -2.65. The van der Waals surface area contributed by atoms with E-state index in [-0.39, 0.29) is 19.6 Å². The molecular formula is C30H51N3O21. The topological polar surface area (TPSA) is 366 Å². The molecule has 4 fully saturated rings. The van der Waals surface area contributed by atoms with Crippen LogP contribution in [0.3, 0.4) is 0 Å². The second-order valence-corrected chi connectivity index (χ2v) is 13.3. The van der Waals surface area contributed by atoms with Gasteiger partial charge in [0.25, 0.3) is 0 Å². The van der Waals surface area contributed by atoms with E-state index >= 15 is 0 Å². The SMILES string of the molecule is CC1OC(COC2OC(CO)C(O)C(OC3CN(CC(=O)NCC(=O)NCC(=O)O)CC(CO)O3)C2O)C(O)C(OC2OC(CO)C(O)C(O)C2O)C1O. The first kappa shape index (κ1) is 44.4. The quantitative estimate of drug-likeness (QED) is 0.0690. The predicted octanol–water partition coefficient (Wildman–Crippen LogP) is -9.14. The van der Waals surface area contributed by atoms with E-state index < -0.39 is 162 Å². The van der Waals surface area contributed by atoms with Crippen molar-refractivity contribution < 1.29 is 104 Å². The van der Waals surface area contributed by atoms with Gasteiger partial charge in [0.2, 0.25) is 11.8 Å². The first-order chi connectivity index (χ1) is 25.6. The molecule has 17 atom stereocenters. The van der Waals surface area contributed by atoms with Crippen LogP contribution in [0.1, 0.15) is 6.92 Å². The van der Waals surface area contributed by atoms with Crippen molar-refractivity contribution in [2.75, 3.05) is 59.2 Å². The van der Waals surface area contributed by atoms with E-state index in [2.05, 4.69) is 10.6 Å². The van der Waals surface area contributed by atoms with Crippen molar-refractivity contribution in [2.45, 2.75) is 111 Å². The van der Waals surface area contributed by atoms with Gasteiger partial charge in [-0.3, -0.25) is 19.3 Å². The number of carboxylic acid groups (broad SMARTS) is 1. The number of aliphatic carboxylic acids is 1. The zero-order valence-corrected chi connectivity index (χ0v) is 29.1. The van der Waals surface area contributed by atoms with Crippen molar-refractivity contribution >= 4 is 17.8 Å². The number of nitrogens with one attached hydrogen (secondary N) is 2. The number of ether oxygens (including phenoxy) is 7. The number of carboxylic acids is 1. The van der Waals surface area contributed by atoms with Crippen LogP contribution in [0.25, 0.3) is 0 Å². The van der Waals surface area contributed by atoms with Gasteiger partial charge in [0.05, 0.1) is 58.3 Å². The second kappa shape index (κ2) is 20.2. The van der Waals surface area contributed by atoms with Crippen LogP contribution >= 0.6 is 0 Å². The van der Waals surface area contributed by atoms with Crippen molar-refractivity contribution in [1.29, 1.82) is 0 Å². The van der Waals surface area contributed by atoms with E-state index in [1.54, 1.807) is 0 Å². The summed E-state index contributed by atoms with van der Waals surface area (Å²) < 4.78 is 39.5. The average Bonchev–Trinajstić information content (AvgIpc) is 3.14. The monoisotopic (exact) mass is 789 g/mol. The lowest BCUT2D eigenvalue weighted by Gasteiger charge is -2.47. The zero-order chi connectivity index (χ0) is 39.9. The van der Waals surface area contributed by atoms with Gasteiger partial charge in [0.1, 0.15) is 79.8 Å². The van der Waals surface area contributed by atoms with Crippen molar-refractivity contribution in [3.05, 3.63) is 0 Å². The molecule has 4 aliphatic heterocycles. The summed E-state index contributed by atoms with van der Waals surface area (Å²) >= 11 is 0. The molecule has 0 bridgehead atoms. The molecule has 0 spiro atoms. The molecule has 54 heavy (non-hydrogen) atoms. The Morgan fingerprint density at radius 3 is 1.91 bits per heavy atom. The van der Waals surface area contributed by atoms with Crippen LogP contribution < -0.4 is 10.6 Å². The molecule has 0 saturated carbocycles. The Balaban J connectivity index is 1.37. The summed E-state index contributed by atoms with van der Waals surface area (Å²) in [7, 11) is 0. The third-order valence-corrected chi connectivity index (χ3v) is 9.29. The molecular weight excluding hydrogens is 738 g/mol. The van der Waals surface area contributed by atoms with Crippen LogP contribution in [0.2, 0.25) is 0 Å². The van der Waals surface area contributed by atoms with Crippen molar-refractivity contribution in [2.24, 2.45) is 0 Å². The third kappa shape index (κ3) is 11.2. The van der Waals surface area contributed by atoms with E-state index in [4.69, 9.17) is 38.3 Å². The number of nitrogens with zero attached hydrogens (tertiary/aromatic N) is 1. The van der Waals surface area contributed by atoms with E-state index in [0.29, 0.717) is 0 Å². The summed E-state index contributed by atoms with van der Waals surface area (Å²) in [6.07, 6.45) is -25.6. The largest absolute Gasteiger partial charge is 0.480 e. The lowest BCUT2D eigenvalue weighted by molar-refractivity contribution is -0.352.